The molecule has 1 aromatic heterocycles. The monoisotopic (exact) mass is 216 g/mol. The Morgan fingerprint density at radius 3 is 2.73 bits per heavy atom. The largest absolute Gasteiger partial charge is 0.481 e. The van der Waals surface area contributed by atoms with E-state index in [1.807, 2.05) is 0 Å². The molecule has 0 unspecified atom stereocenters. The Kier molecular flexibility index (Phi) is 3.18. The van der Waals surface area contributed by atoms with Gasteiger partial charge < -0.3 is 10.8 Å². The fourth-order valence-electron chi connectivity index (χ4n) is 1.30. The summed E-state index contributed by atoms with van der Waals surface area (Å²) in [6.45, 7) is 1.41. The molecule has 0 aliphatic heterocycles. The number of hydrogen-bond donors (Lipinski definition) is 2. The summed E-state index contributed by atoms with van der Waals surface area (Å²) in [5.41, 5.74) is 5.35. The number of carbonyl (C=O) groups is 1. The van der Waals surface area contributed by atoms with Gasteiger partial charge in [0.25, 0.3) is 6.43 Å². The molecule has 4 nitrogen and oxygen atoms in total. The zero-order chi connectivity index (χ0) is 11.6. The highest BCUT2D eigenvalue weighted by Crippen LogP contribution is 2.28. The molecular weight excluding hydrogens is 206 g/mol. The van der Waals surface area contributed by atoms with Crippen LogP contribution in [0.1, 0.15) is 23.1 Å². The van der Waals surface area contributed by atoms with Crippen LogP contribution in [0.3, 0.4) is 0 Å². The molecule has 82 valence electrons. The van der Waals surface area contributed by atoms with Crippen molar-refractivity contribution in [3.63, 3.8) is 0 Å². The Labute approximate surface area is 84.7 Å². The first-order chi connectivity index (χ1) is 6.93. The second-order valence-corrected chi connectivity index (χ2v) is 3.08. The maximum absolute atomic E-state index is 12.5. The SMILES string of the molecule is Cc1c(CC(=O)O)cnc(N)c1C(F)F. The van der Waals surface area contributed by atoms with Crippen LogP contribution in [0.15, 0.2) is 6.20 Å². The van der Waals surface area contributed by atoms with E-state index < -0.39 is 12.4 Å². The maximum atomic E-state index is 12.5. The predicted octanol–water partition coefficient (Wildman–Crippen LogP) is 1.54. The molecule has 0 fully saturated rings. The number of anilines is 1. The lowest BCUT2D eigenvalue weighted by atomic mass is 10.0. The van der Waals surface area contributed by atoms with E-state index in [0.717, 1.165) is 0 Å². The molecule has 6 heteroatoms. The number of pyridine rings is 1. The Bertz CT molecular complexity index is 394. The van der Waals surface area contributed by atoms with E-state index in [-0.39, 0.29) is 28.9 Å². The van der Waals surface area contributed by atoms with Crippen molar-refractivity contribution >= 4 is 11.8 Å². The van der Waals surface area contributed by atoms with Crippen molar-refractivity contribution in [2.45, 2.75) is 19.8 Å². The molecule has 0 saturated heterocycles. The number of nitrogens with two attached hydrogens (primary N) is 1. The molecule has 0 spiro atoms. The summed E-state index contributed by atoms with van der Waals surface area (Å²) in [6, 6.07) is 0. The molecular formula is C9H10F2N2O2. The van der Waals surface area contributed by atoms with Crippen LogP contribution in [0.25, 0.3) is 0 Å². The van der Waals surface area contributed by atoms with Crippen molar-refractivity contribution in [1.82, 2.24) is 4.98 Å². The van der Waals surface area contributed by atoms with Gasteiger partial charge in [-0.05, 0) is 18.1 Å². The molecule has 0 amide bonds. The van der Waals surface area contributed by atoms with Crippen molar-refractivity contribution in [1.29, 1.82) is 0 Å². The minimum absolute atomic E-state index is 0.194. The second kappa shape index (κ2) is 4.20. The molecule has 3 N–H and O–H groups in total. The molecule has 1 rings (SSSR count). The molecule has 0 radical (unpaired) electrons. The fourth-order valence-corrected chi connectivity index (χ4v) is 1.30. The highest BCUT2D eigenvalue weighted by atomic mass is 19.3. The van der Waals surface area contributed by atoms with Crippen molar-refractivity contribution in [3.05, 3.63) is 22.9 Å². The minimum Gasteiger partial charge on any atom is -0.481 e. The van der Waals surface area contributed by atoms with Gasteiger partial charge in [-0.2, -0.15) is 0 Å². The first kappa shape index (κ1) is 11.4. The third kappa shape index (κ3) is 2.39. The molecule has 0 aliphatic carbocycles. The number of halogens is 2. The highest BCUT2D eigenvalue weighted by Gasteiger charge is 2.18. The molecule has 1 heterocycles. The number of alkyl halides is 2. The van der Waals surface area contributed by atoms with Crippen LogP contribution in [0.4, 0.5) is 14.6 Å². The smallest absolute Gasteiger partial charge is 0.307 e. The topological polar surface area (TPSA) is 76.2 Å². The van der Waals surface area contributed by atoms with Gasteiger partial charge in [-0.3, -0.25) is 4.79 Å². The summed E-state index contributed by atoms with van der Waals surface area (Å²) < 4.78 is 25.1. The van der Waals surface area contributed by atoms with Gasteiger partial charge in [0, 0.05) is 6.20 Å². The van der Waals surface area contributed by atoms with Crippen LogP contribution in [-0.4, -0.2) is 16.1 Å². The van der Waals surface area contributed by atoms with E-state index in [9.17, 15) is 13.6 Å². The number of rotatable bonds is 3. The summed E-state index contributed by atoms with van der Waals surface area (Å²) in [4.78, 5) is 14.0. The van der Waals surface area contributed by atoms with E-state index in [0.29, 0.717) is 0 Å². The lowest BCUT2D eigenvalue weighted by Gasteiger charge is -2.10. The quantitative estimate of drug-likeness (QED) is 0.803. The fraction of sp³-hybridized carbons (Fsp3) is 0.333. The first-order valence-corrected chi connectivity index (χ1v) is 4.17. The summed E-state index contributed by atoms with van der Waals surface area (Å²) in [6.07, 6.45) is -1.87. The van der Waals surface area contributed by atoms with Gasteiger partial charge >= 0.3 is 5.97 Å². The average molecular weight is 216 g/mol. The van der Waals surface area contributed by atoms with Crippen LogP contribution in [0, 0.1) is 6.92 Å². The third-order valence-electron chi connectivity index (χ3n) is 2.08. The predicted molar refractivity (Wildman–Crippen MR) is 49.7 cm³/mol. The van der Waals surface area contributed by atoms with Gasteiger partial charge in [-0.25, -0.2) is 13.8 Å². The number of carboxylic acid groups (broad SMARTS) is 1. The van der Waals surface area contributed by atoms with Gasteiger partial charge in [0.05, 0.1) is 12.0 Å². The van der Waals surface area contributed by atoms with E-state index >= 15 is 0 Å². The number of aromatic nitrogens is 1. The average Bonchev–Trinajstić information content (AvgIpc) is 2.09. The van der Waals surface area contributed by atoms with Crippen LogP contribution in [0.5, 0.6) is 0 Å². The van der Waals surface area contributed by atoms with Gasteiger partial charge in [0.1, 0.15) is 5.82 Å². The Balaban J connectivity index is 3.22. The molecule has 0 saturated carbocycles. The minimum atomic E-state index is -2.74. The third-order valence-corrected chi connectivity index (χ3v) is 2.08. The van der Waals surface area contributed by atoms with Gasteiger partial charge in [0.2, 0.25) is 0 Å². The summed E-state index contributed by atoms with van der Waals surface area (Å²) >= 11 is 0. The maximum Gasteiger partial charge on any atom is 0.307 e. The number of nitrogens with zero attached hydrogens (tertiary/aromatic N) is 1. The number of hydrogen-bond acceptors (Lipinski definition) is 3. The zero-order valence-electron chi connectivity index (χ0n) is 8.00. The van der Waals surface area contributed by atoms with E-state index in [1.165, 1.54) is 13.1 Å². The summed E-state index contributed by atoms with van der Waals surface area (Å²) in [5.74, 6) is -1.35. The normalized spacial score (nSPS) is 10.7. The van der Waals surface area contributed by atoms with Crippen LogP contribution < -0.4 is 5.73 Å². The van der Waals surface area contributed by atoms with Gasteiger partial charge in [-0.15, -0.1) is 0 Å². The number of nitrogen functional groups attached to an aromatic ring is 1. The van der Waals surface area contributed by atoms with Crippen LogP contribution in [-0.2, 0) is 11.2 Å². The zero-order valence-corrected chi connectivity index (χ0v) is 8.00. The second-order valence-electron chi connectivity index (χ2n) is 3.08. The molecule has 1 aromatic rings. The number of carboxylic acids is 1. The van der Waals surface area contributed by atoms with E-state index in [1.54, 1.807) is 0 Å². The Hall–Kier alpha value is -1.72. The molecule has 0 aliphatic rings. The number of aliphatic carboxylic acids is 1. The molecule has 0 aromatic carbocycles. The van der Waals surface area contributed by atoms with Crippen LogP contribution in [0.2, 0.25) is 0 Å². The lowest BCUT2D eigenvalue weighted by molar-refractivity contribution is -0.136. The summed E-state index contributed by atoms with van der Waals surface area (Å²) in [7, 11) is 0. The molecule has 0 atom stereocenters. The van der Waals surface area contributed by atoms with E-state index in [2.05, 4.69) is 4.98 Å². The Morgan fingerprint density at radius 1 is 1.67 bits per heavy atom. The molecule has 15 heavy (non-hydrogen) atoms. The summed E-state index contributed by atoms with van der Waals surface area (Å²) in [5, 5.41) is 8.54. The van der Waals surface area contributed by atoms with Gasteiger partial charge in [-0.1, -0.05) is 0 Å². The first-order valence-electron chi connectivity index (χ1n) is 4.17. The van der Waals surface area contributed by atoms with Crippen LogP contribution >= 0.6 is 0 Å². The van der Waals surface area contributed by atoms with E-state index in [4.69, 9.17) is 10.8 Å². The standard InChI is InChI=1S/C9H10F2N2O2/c1-4-5(2-6(14)15)3-13-9(12)7(4)8(10)11/h3,8H,2H2,1H3,(H2,12,13)(H,14,15). The molecule has 0 bridgehead atoms. The van der Waals surface area contributed by atoms with Gasteiger partial charge in [0.15, 0.2) is 0 Å². The van der Waals surface area contributed by atoms with Crippen molar-refractivity contribution < 1.29 is 18.7 Å². The van der Waals surface area contributed by atoms with Crippen molar-refractivity contribution in [3.8, 4) is 0 Å². The Morgan fingerprint density at radius 2 is 2.27 bits per heavy atom. The van der Waals surface area contributed by atoms with Crippen molar-refractivity contribution in [2.75, 3.05) is 5.73 Å². The highest BCUT2D eigenvalue weighted by molar-refractivity contribution is 5.71. The van der Waals surface area contributed by atoms with Crippen molar-refractivity contribution in [2.24, 2.45) is 0 Å². The lowest BCUT2D eigenvalue weighted by Crippen LogP contribution is -2.08.